The number of ether oxygens (including phenoxy) is 1. The van der Waals surface area contributed by atoms with Crippen LogP contribution in [-0.2, 0) is 4.74 Å². The molecule has 3 fully saturated rings. The third-order valence-corrected chi connectivity index (χ3v) is 4.29. The summed E-state index contributed by atoms with van der Waals surface area (Å²) in [6.07, 6.45) is 6.75. The molecule has 16 heavy (non-hydrogen) atoms. The fourth-order valence-corrected chi connectivity index (χ4v) is 3.43. The van der Waals surface area contributed by atoms with Crippen LogP contribution < -0.4 is 5.32 Å². The van der Waals surface area contributed by atoms with Crippen molar-refractivity contribution in [2.45, 2.75) is 69.9 Å². The molecule has 2 atom stereocenters. The van der Waals surface area contributed by atoms with E-state index >= 15 is 0 Å². The average molecular weight is 224 g/mol. The highest BCUT2D eigenvalue weighted by Gasteiger charge is 2.43. The molecule has 1 aliphatic carbocycles. The zero-order valence-corrected chi connectivity index (χ0v) is 10.5. The van der Waals surface area contributed by atoms with Gasteiger partial charge in [0.25, 0.3) is 0 Å². The predicted octanol–water partition coefficient (Wildman–Crippen LogP) is 1.73. The number of hydrogen-bond donors (Lipinski definition) is 1. The molecule has 0 radical (unpaired) electrons. The second-order valence-electron chi connectivity index (χ2n) is 5.97. The van der Waals surface area contributed by atoms with Gasteiger partial charge in [-0.3, -0.25) is 5.32 Å². The Morgan fingerprint density at radius 2 is 1.88 bits per heavy atom. The van der Waals surface area contributed by atoms with E-state index in [2.05, 4.69) is 24.1 Å². The highest BCUT2D eigenvalue weighted by atomic mass is 16.5. The third kappa shape index (κ3) is 2.13. The molecular weight excluding hydrogens is 200 g/mol. The molecule has 2 unspecified atom stereocenters. The molecule has 1 saturated carbocycles. The van der Waals surface area contributed by atoms with E-state index in [1.54, 1.807) is 0 Å². The number of rotatable bonds is 1. The lowest BCUT2D eigenvalue weighted by Gasteiger charge is -2.48. The van der Waals surface area contributed by atoms with Crippen LogP contribution in [-0.4, -0.2) is 41.9 Å². The minimum Gasteiger partial charge on any atom is -0.358 e. The topological polar surface area (TPSA) is 24.5 Å². The number of hydrogen-bond acceptors (Lipinski definition) is 3. The molecule has 1 spiro atoms. The normalized spacial score (nSPS) is 40.1. The van der Waals surface area contributed by atoms with Crippen molar-refractivity contribution >= 4 is 0 Å². The Hall–Kier alpha value is -0.120. The van der Waals surface area contributed by atoms with Gasteiger partial charge in [0.05, 0.1) is 6.10 Å². The first-order valence-corrected chi connectivity index (χ1v) is 6.86. The third-order valence-electron chi connectivity index (χ3n) is 4.29. The second-order valence-corrected chi connectivity index (χ2v) is 5.97. The second kappa shape index (κ2) is 3.97. The molecule has 92 valence electrons. The van der Waals surface area contributed by atoms with E-state index in [-0.39, 0.29) is 5.72 Å². The Bertz CT molecular complexity index is 245. The summed E-state index contributed by atoms with van der Waals surface area (Å²) in [5, 5.41) is 3.69. The van der Waals surface area contributed by atoms with Crippen molar-refractivity contribution in [3.05, 3.63) is 0 Å². The highest BCUT2D eigenvalue weighted by Crippen LogP contribution is 2.35. The van der Waals surface area contributed by atoms with Gasteiger partial charge in [0.1, 0.15) is 5.72 Å². The molecule has 3 rings (SSSR count). The molecular formula is C13H24N2O. The van der Waals surface area contributed by atoms with Crippen LogP contribution >= 0.6 is 0 Å². The summed E-state index contributed by atoms with van der Waals surface area (Å²) in [5.41, 5.74) is 0.00245. The number of nitrogens with one attached hydrogen (secondary N) is 1. The van der Waals surface area contributed by atoms with Crippen molar-refractivity contribution in [2.24, 2.45) is 0 Å². The SMILES string of the molecule is CC1CC(C)OC2(CCN(C3CC3)CC2)N1. The maximum Gasteiger partial charge on any atom is 0.122 e. The summed E-state index contributed by atoms with van der Waals surface area (Å²) in [5.74, 6) is 0. The fraction of sp³-hybridized carbons (Fsp3) is 1.00. The van der Waals surface area contributed by atoms with Crippen LogP contribution in [0.25, 0.3) is 0 Å². The summed E-state index contributed by atoms with van der Waals surface area (Å²) in [6, 6.07) is 1.52. The van der Waals surface area contributed by atoms with E-state index < -0.39 is 0 Å². The van der Waals surface area contributed by atoms with Crippen LogP contribution in [0, 0.1) is 0 Å². The zero-order chi connectivity index (χ0) is 11.2. The first-order valence-electron chi connectivity index (χ1n) is 6.86. The van der Waals surface area contributed by atoms with Gasteiger partial charge in [-0.1, -0.05) is 0 Å². The summed E-state index contributed by atoms with van der Waals surface area (Å²) >= 11 is 0. The molecule has 0 aromatic heterocycles. The summed E-state index contributed by atoms with van der Waals surface area (Å²) in [7, 11) is 0. The molecule has 3 nitrogen and oxygen atoms in total. The van der Waals surface area contributed by atoms with Crippen molar-refractivity contribution in [3.63, 3.8) is 0 Å². The highest BCUT2D eigenvalue weighted by molar-refractivity contribution is 4.95. The maximum absolute atomic E-state index is 6.20. The van der Waals surface area contributed by atoms with Gasteiger partial charge in [0.15, 0.2) is 0 Å². The van der Waals surface area contributed by atoms with Crippen LogP contribution in [0.1, 0.15) is 46.0 Å². The zero-order valence-electron chi connectivity index (χ0n) is 10.5. The largest absolute Gasteiger partial charge is 0.358 e. The van der Waals surface area contributed by atoms with Crippen molar-refractivity contribution < 1.29 is 4.74 Å². The molecule has 2 heterocycles. The first-order chi connectivity index (χ1) is 7.67. The van der Waals surface area contributed by atoms with Gasteiger partial charge >= 0.3 is 0 Å². The van der Waals surface area contributed by atoms with E-state index in [1.165, 1.54) is 25.9 Å². The Balaban J connectivity index is 1.61. The number of nitrogens with zero attached hydrogens (tertiary/aromatic N) is 1. The smallest absolute Gasteiger partial charge is 0.122 e. The Kier molecular flexibility index (Phi) is 2.73. The molecule has 0 aromatic carbocycles. The van der Waals surface area contributed by atoms with Crippen LogP contribution in [0.5, 0.6) is 0 Å². The monoisotopic (exact) mass is 224 g/mol. The van der Waals surface area contributed by atoms with Gasteiger partial charge in [0, 0.05) is 38.0 Å². The van der Waals surface area contributed by atoms with Crippen molar-refractivity contribution in [1.82, 2.24) is 10.2 Å². The van der Waals surface area contributed by atoms with Crippen molar-refractivity contribution in [3.8, 4) is 0 Å². The van der Waals surface area contributed by atoms with E-state index in [4.69, 9.17) is 4.74 Å². The van der Waals surface area contributed by atoms with E-state index in [0.29, 0.717) is 12.1 Å². The quantitative estimate of drug-likeness (QED) is 0.734. The lowest BCUT2D eigenvalue weighted by molar-refractivity contribution is -0.171. The van der Waals surface area contributed by atoms with Gasteiger partial charge in [-0.05, 0) is 33.1 Å². The first kappa shape index (κ1) is 11.0. The fourth-order valence-electron chi connectivity index (χ4n) is 3.43. The summed E-state index contributed by atoms with van der Waals surface area (Å²) < 4.78 is 6.20. The lowest BCUT2D eigenvalue weighted by atomic mass is 9.95. The van der Waals surface area contributed by atoms with Crippen LogP contribution in [0.4, 0.5) is 0 Å². The standard InChI is InChI=1S/C13H24N2O/c1-10-9-11(2)16-13(14-10)5-7-15(8-6-13)12-3-4-12/h10-12,14H,3-9H2,1-2H3. The minimum atomic E-state index is 0.00245. The molecule has 1 N–H and O–H groups in total. The van der Waals surface area contributed by atoms with Gasteiger partial charge in [0.2, 0.25) is 0 Å². The van der Waals surface area contributed by atoms with E-state index in [1.807, 2.05) is 0 Å². The minimum absolute atomic E-state index is 0.00245. The average Bonchev–Trinajstić information content (AvgIpc) is 3.00. The number of likely N-dealkylation sites (tertiary alicyclic amines) is 1. The summed E-state index contributed by atoms with van der Waals surface area (Å²) in [4.78, 5) is 2.65. The van der Waals surface area contributed by atoms with Gasteiger partial charge in [-0.2, -0.15) is 0 Å². The van der Waals surface area contributed by atoms with Crippen LogP contribution in [0.15, 0.2) is 0 Å². The Morgan fingerprint density at radius 1 is 1.19 bits per heavy atom. The molecule has 2 saturated heterocycles. The van der Waals surface area contributed by atoms with Crippen molar-refractivity contribution in [1.29, 1.82) is 0 Å². The maximum atomic E-state index is 6.20. The van der Waals surface area contributed by atoms with Gasteiger partial charge < -0.3 is 9.64 Å². The predicted molar refractivity (Wildman–Crippen MR) is 64.3 cm³/mol. The lowest BCUT2D eigenvalue weighted by Crippen LogP contribution is -2.62. The van der Waals surface area contributed by atoms with E-state index in [0.717, 1.165) is 25.3 Å². The molecule has 2 aliphatic heterocycles. The molecule has 0 bridgehead atoms. The van der Waals surface area contributed by atoms with Gasteiger partial charge in [-0.25, -0.2) is 0 Å². The van der Waals surface area contributed by atoms with Crippen molar-refractivity contribution in [2.75, 3.05) is 13.1 Å². The van der Waals surface area contributed by atoms with Crippen LogP contribution in [0.2, 0.25) is 0 Å². The van der Waals surface area contributed by atoms with Crippen LogP contribution in [0.3, 0.4) is 0 Å². The summed E-state index contributed by atoms with van der Waals surface area (Å²) in [6.45, 7) is 6.94. The Labute approximate surface area is 98.5 Å². The molecule has 0 amide bonds. The molecule has 3 heteroatoms. The molecule has 0 aromatic rings. The van der Waals surface area contributed by atoms with Gasteiger partial charge in [-0.15, -0.1) is 0 Å². The Morgan fingerprint density at radius 3 is 2.44 bits per heavy atom. The molecule has 3 aliphatic rings. The van der Waals surface area contributed by atoms with E-state index in [9.17, 15) is 0 Å². The number of piperidine rings is 1.